The van der Waals surface area contributed by atoms with E-state index in [-0.39, 0.29) is 6.04 Å². The molecule has 1 N–H and O–H groups in total. The van der Waals surface area contributed by atoms with Crippen LogP contribution in [0.4, 0.5) is 0 Å². The van der Waals surface area contributed by atoms with Gasteiger partial charge >= 0.3 is 0 Å². The van der Waals surface area contributed by atoms with Crippen LogP contribution in [0.3, 0.4) is 0 Å². The molecule has 0 fully saturated rings. The lowest BCUT2D eigenvalue weighted by atomic mass is 9.90. The summed E-state index contributed by atoms with van der Waals surface area (Å²) in [5.74, 6) is 2.45. The minimum absolute atomic E-state index is 0.225. The van der Waals surface area contributed by atoms with Gasteiger partial charge in [0.15, 0.2) is 0 Å². The maximum absolute atomic E-state index is 6.03. The summed E-state index contributed by atoms with van der Waals surface area (Å²) in [6, 6.07) is 15.3. The highest BCUT2D eigenvalue weighted by molar-refractivity contribution is 5.44. The number of hydrogen-bond acceptors (Lipinski definition) is 4. The second-order valence-corrected chi connectivity index (χ2v) is 8.15. The van der Waals surface area contributed by atoms with E-state index in [0.29, 0.717) is 5.92 Å². The summed E-state index contributed by atoms with van der Waals surface area (Å²) in [7, 11) is 0. The Balaban J connectivity index is 1.66. The second kappa shape index (κ2) is 10.7. The number of ether oxygens (including phenoxy) is 2. The summed E-state index contributed by atoms with van der Waals surface area (Å²) in [5, 5.41) is 3.67. The van der Waals surface area contributed by atoms with Crippen LogP contribution >= 0.6 is 0 Å². The molecular weight excluding hydrogens is 360 g/mol. The number of likely N-dealkylation sites (N-methyl/N-ethyl adjacent to an activating group) is 1. The summed E-state index contributed by atoms with van der Waals surface area (Å²) >= 11 is 0. The third-order valence-electron chi connectivity index (χ3n) is 5.54. The van der Waals surface area contributed by atoms with Crippen molar-refractivity contribution < 1.29 is 9.47 Å². The summed E-state index contributed by atoms with van der Waals surface area (Å²) in [6.07, 6.45) is 1.04. The Morgan fingerprint density at radius 3 is 2.41 bits per heavy atom. The molecule has 2 aromatic rings. The van der Waals surface area contributed by atoms with Crippen molar-refractivity contribution in [3.63, 3.8) is 0 Å². The number of nitrogens with one attached hydrogen (secondary N) is 1. The highest BCUT2D eigenvalue weighted by Crippen LogP contribution is 2.32. The quantitative estimate of drug-likeness (QED) is 0.632. The third-order valence-corrected chi connectivity index (χ3v) is 5.54. The molecule has 0 spiro atoms. The van der Waals surface area contributed by atoms with Gasteiger partial charge in [-0.05, 0) is 66.4 Å². The molecule has 1 aliphatic rings. The third kappa shape index (κ3) is 5.97. The highest BCUT2D eigenvalue weighted by Gasteiger charge is 2.21. The molecule has 1 heterocycles. The predicted octanol–water partition coefficient (Wildman–Crippen LogP) is 4.68. The Hall–Kier alpha value is -2.04. The normalized spacial score (nSPS) is 16.1. The van der Waals surface area contributed by atoms with Crippen LogP contribution in [0.15, 0.2) is 42.5 Å². The van der Waals surface area contributed by atoms with Gasteiger partial charge in [0.05, 0.1) is 12.6 Å². The molecule has 0 aliphatic carbocycles. The van der Waals surface area contributed by atoms with E-state index in [1.807, 2.05) is 0 Å². The summed E-state index contributed by atoms with van der Waals surface area (Å²) < 4.78 is 11.9. The fourth-order valence-electron chi connectivity index (χ4n) is 3.78. The molecule has 0 radical (unpaired) electrons. The fourth-order valence-corrected chi connectivity index (χ4v) is 3.78. The van der Waals surface area contributed by atoms with Gasteiger partial charge in [-0.15, -0.1) is 0 Å². The zero-order valence-electron chi connectivity index (χ0n) is 18.4. The Bertz CT molecular complexity index is 754. The number of rotatable bonds is 10. The van der Waals surface area contributed by atoms with Gasteiger partial charge in [0.1, 0.15) is 18.1 Å². The molecule has 0 saturated heterocycles. The molecule has 4 nitrogen and oxygen atoms in total. The second-order valence-electron chi connectivity index (χ2n) is 8.15. The first-order valence-corrected chi connectivity index (χ1v) is 11.0. The van der Waals surface area contributed by atoms with Crippen molar-refractivity contribution in [2.24, 2.45) is 5.92 Å². The van der Waals surface area contributed by atoms with Crippen LogP contribution < -0.4 is 14.8 Å². The molecule has 1 atom stereocenters. The lowest BCUT2D eigenvalue weighted by Crippen LogP contribution is -2.30. The van der Waals surface area contributed by atoms with E-state index >= 15 is 0 Å². The Labute approximate surface area is 176 Å². The molecule has 4 heteroatoms. The average molecular weight is 397 g/mol. The molecule has 0 saturated carbocycles. The first kappa shape index (κ1) is 21.7. The van der Waals surface area contributed by atoms with Gasteiger partial charge in [-0.2, -0.15) is 0 Å². The van der Waals surface area contributed by atoms with Gasteiger partial charge in [0.25, 0.3) is 0 Å². The molecule has 29 heavy (non-hydrogen) atoms. The van der Waals surface area contributed by atoms with E-state index in [0.717, 1.165) is 57.3 Å². The van der Waals surface area contributed by atoms with Crippen molar-refractivity contribution in [3.05, 3.63) is 59.2 Å². The maximum Gasteiger partial charge on any atom is 0.119 e. The van der Waals surface area contributed by atoms with Gasteiger partial charge in [-0.25, -0.2) is 0 Å². The van der Waals surface area contributed by atoms with Crippen LogP contribution in [0.2, 0.25) is 0 Å². The minimum atomic E-state index is 0.225. The first-order chi connectivity index (χ1) is 14.1. The van der Waals surface area contributed by atoms with Crippen molar-refractivity contribution >= 4 is 0 Å². The van der Waals surface area contributed by atoms with E-state index < -0.39 is 0 Å². The van der Waals surface area contributed by atoms with E-state index in [2.05, 4.69) is 80.4 Å². The molecule has 1 aliphatic heterocycles. The van der Waals surface area contributed by atoms with E-state index in [4.69, 9.17) is 9.47 Å². The number of hydrogen-bond donors (Lipinski definition) is 1. The first-order valence-electron chi connectivity index (χ1n) is 11.0. The van der Waals surface area contributed by atoms with Crippen molar-refractivity contribution in [1.29, 1.82) is 0 Å². The number of nitrogens with zero attached hydrogens (tertiary/aromatic N) is 1. The average Bonchev–Trinajstić information content (AvgIpc) is 2.75. The Morgan fingerprint density at radius 1 is 1.00 bits per heavy atom. The topological polar surface area (TPSA) is 33.7 Å². The maximum atomic E-state index is 6.03. The molecule has 0 amide bonds. The summed E-state index contributed by atoms with van der Waals surface area (Å²) in [5.41, 5.74) is 4.01. The Kier molecular flexibility index (Phi) is 7.96. The molecule has 0 bridgehead atoms. The minimum Gasteiger partial charge on any atom is -0.493 e. The molecule has 1 unspecified atom stereocenters. The smallest absolute Gasteiger partial charge is 0.119 e. The van der Waals surface area contributed by atoms with Crippen LogP contribution in [0.5, 0.6) is 11.5 Å². The zero-order chi connectivity index (χ0) is 20.6. The lowest BCUT2D eigenvalue weighted by Gasteiger charge is -2.28. The van der Waals surface area contributed by atoms with Crippen LogP contribution in [0, 0.1) is 5.92 Å². The summed E-state index contributed by atoms with van der Waals surface area (Å²) in [6.45, 7) is 14.3. The highest BCUT2D eigenvalue weighted by atomic mass is 16.5. The number of benzene rings is 2. The number of fused-ring (bicyclic) bond motifs is 1. The molecule has 158 valence electrons. The van der Waals surface area contributed by atoms with Crippen molar-refractivity contribution in [1.82, 2.24) is 10.2 Å². The monoisotopic (exact) mass is 396 g/mol. The summed E-state index contributed by atoms with van der Waals surface area (Å²) in [4.78, 5) is 2.38. The van der Waals surface area contributed by atoms with Gasteiger partial charge in [-0.1, -0.05) is 45.9 Å². The largest absolute Gasteiger partial charge is 0.493 e. The lowest BCUT2D eigenvalue weighted by molar-refractivity contribution is 0.222. The SMILES string of the molecule is CCN(CC)CCOc1ccc2c(c1)CCNC2c1ccc(OCC(C)C)cc1. The molecular formula is C25H36N2O2. The van der Waals surface area contributed by atoms with Gasteiger partial charge in [0.2, 0.25) is 0 Å². The molecule has 3 rings (SSSR count). The fraction of sp³-hybridized carbons (Fsp3) is 0.520. The standard InChI is InChI=1S/C25H36N2O2/c1-5-27(6-2)15-16-28-23-11-12-24-21(17-23)13-14-26-25(24)20-7-9-22(10-8-20)29-18-19(3)4/h7-12,17,19,25-26H,5-6,13-16,18H2,1-4H3. The van der Waals surface area contributed by atoms with Gasteiger partial charge < -0.3 is 19.7 Å². The van der Waals surface area contributed by atoms with E-state index in [1.165, 1.54) is 16.7 Å². The van der Waals surface area contributed by atoms with Crippen LogP contribution in [-0.4, -0.2) is 44.3 Å². The van der Waals surface area contributed by atoms with E-state index in [9.17, 15) is 0 Å². The zero-order valence-corrected chi connectivity index (χ0v) is 18.4. The van der Waals surface area contributed by atoms with Crippen molar-refractivity contribution in [2.75, 3.05) is 39.4 Å². The van der Waals surface area contributed by atoms with E-state index in [1.54, 1.807) is 0 Å². The Morgan fingerprint density at radius 2 is 1.72 bits per heavy atom. The molecule has 2 aromatic carbocycles. The van der Waals surface area contributed by atoms with Crippen LogP contribution in [0.25, 0.3) is 0 Å². The van der Waals surface area contributed by atoms with Crippen LogP contribution in [0.1, 0.15) is 50.4 Å². The van der Waals surface area contributed by atoms with Crippen LogP contribution in [-0.2, 0) is 6.42 Å². The predicted molar refractivity (Wildman–Crippen MR) is 120 cm³/mol. The van der Waals surface area contributed by atoms with Crippen molar-refractivity contribution in [2.45, 2.75) is 40.2 Å². The van der Waals surface area contributed by atoms with Gasteiger partial charge in [-0.3, -0.25) is 0 Å². The molecule has 0 aromatic heterocycles. The van der Waals surface area contributed by atoms with Gasteiger partial charge in [0, 0.05) is 13.1 Å². The van der Waals surface area contributed by atoms with Crippen molar-refractivity contribution in [3.8, 4) is 11.5 Å².